The van der Waals surface area contributed by atoms with Crippen LogP contribution in [0.25, 0.3) is 0 Å². The van der Waals surface area contributed by atoms with E-state index in [0.29, 0.717) is 23.9 Å². The lowest BCUT2D eigenvalue weighted by molar-refractivity contribution is -0.135. The van der Waals surface area contributed by atoms with E-state index in [9.17, 15) is 4.79 Å². The Morgan fingerprint density at radius 2 is 1.72 bits per heavy atom. The lowest BCUT2D eigenvalue weighted by atomic mass is 9.88. The molecule has 0 radical (unpaired) electrons. The van der Waals surface area contributed by atoms with Crippen LogP contribution in [0.15, 0.2) is 4.99 Å². The van der Waals surface area contributed by atoms with Crippen molar-refractivity contribution in [1.82, 2.24) is 25.3 Å². The van der Waals surface area contributed by atoms with Gasteiger partial charge in [0.05, 0.1) is 6.54 Å². The molecule has 0 spiro atoms. The number of hydrogen-bond acceptors (Lipinski definition) is 4. The van der Waals surface area contributed by atoms with Crippen LogP contribution in [-0.4, -0.2) is 98.1 Å². The first kappa shape index (κ1) is 27.6. The molecule has 0 aromatic heterocycles. The highest BCUT2D eigenvalue weighted by molar-refractivity contribution is 14.0. The molecule has 1 amide bonds. The summed E-state index contributed by atoms with van der Waals surface area (Å²) in [7, 11) is 2.21. The molecular formula is C24H47IN6O. The van der Waals surface area contributed by atoms with Crippen molar-refractivity contribution in [2.75, 3.05) is 59.4 Å². The lowest BCUT2D eigenvalue weighted by Gasteiger charge is -2.39. The third-order valence-corrected chi connectivity index (χ3v) is 7.35. The molecule has 3 aliphatic rings. The van der Waals surface area contributed by atoms with Gasteiger partial charge in [-0.25, -0.2) is 0 Å². The van der Waals surface area contributed by atoms with Crippen LogP contribution in [0.5, 0.6) is 0 Å². The number of hydrogen-bond donors (Lipinski definition) is 2. The van der Waals surface area contributed by atoms with Gasteiger partial charge >= 0.3 is 0 Å². The first-order valence-corrected chi connectivity index (χ1v) is 12.7. The monoisotopic (exact) mass is 562 g/mol. The van der Waals surface area contributed by atoms with Gasteiger partial charge in [-0.05, 0) is 39.2 Å². The molecule has 0 bridgehead atoms. The lowest BCUT2D eigenvalue weighted by Crippen LogP contribution is -2.52. The van der Waals surface area contributed by atoms with Gasteiger partial charge in [-0.2, -0.15) is 0 Å². The summed E-state index contributed by atoms with van der Waals surface area (Å²) in [6.07, 6.45) is 6.90. The van der Waals surface area contributed by atoms with Crippen LogP contribution in [0.3, 0.4) is 0 Å². The third-order valence-electron chi connectivity index (χ3n) is 7.35. The number of carbonyl (C=O) groups is 1. The maximum absolute atomic E-state index is 12.9. The topological polar surface area (TPSA) is 63.2 Å². The van der Waals surface area contributed by atoms with Crippen molar-refractivity contribution in [1.29, 1.82) is 0 Å². The summed E-state index contributed by atoms with van der Waals surface area (Å²) in [4.78, 5) is 25.0. The number of likely N-dealkylation sites (tertiary alicyclic amines) is 1. The number of halogens is 1. The van der Waals surface area contributed by atoms with Crippen LogP contribution < -0.4 is 10.6 Å². The molecule has 32 heavy (non-hydrogen) atoms. The van der Waals surface area contributed by atoms with Gasteiger partial charge in [0.15, 0.2) is 5.96 Å². The Hall–Kier alpha value is -0.610. The first-order valence-electron chi connectivity index (χ1n) is 12.7. The zero-order valence-corrected chi connectivity index (χ0v) is 23.1. The maximum Gasteiger partial charge on any atom is 0.225 e. The molecule has 2 unspecified atom stereocenters. The number of nitrogens with zero attached hydrogens (tertiary/aromatic N) is 4. The highest BCUT2D eigenvalue weighted by Gasteiger charge is 2.32. The molecule has 3 rings (SSSR count). The number of aliphatic imine (C=N–C) groups is 1. The van der Waals surface area contributed by atoms with Crippen LogP contribution in [0, 0.1) is 11.8 Å². The first-order chi connectivity index (χ1) is 15.0. The second-order valence-corrected chi connectivity index (χ2v) is 10.1. The van der Waals surface area contributed by atoms with E-state index in [1.54, 1.807) is 0 Å². The van der Waals surface area contributed by atoms with E-state index in [4.69, 9.17) is 4.99 Å². The third kappa shape index (κ3) is 8.01. The van der Waals surface area contributed by atoms with Crippen molar-refractivity contribution in [3.8, 4) is 0 Å². The summed E-state index contributed by atoms with van der Waals surface area (Å²) in [5, 5.41) is 7.06. The molecule has 0 aromatic rings. The Morgan fingerprint density at radius 1 is 1.03 bits per heavy atom. The summed E-state index contributed by atoms with van der Waals surface area (Å²) >= 11 is 0. The standard InChI is InChI=1S/C24H46N6O.HI/c1-5-25-24(26-17-22(19(2)3)29-15-13-28(4)14-16-29)27-21-11-12-30(18-21)23(31)20-9-7-6-8-10-20;/h19-22H,5-18H2,1-4H3,(H2,25,26,27);1H. The number of rotatable bonds is 7. The van der Waals surface area contributed by atoms with Crippen molar-refractivity contribution in [2.45, 2.75) is 71.4 Å². The summed E-state index contributed by atoms with van der Waals surface area (Å²) in [5.41, 5.74) is 0. The van der Waals surface area contributed by atoms with E-state index < -0.39 is 0 Å². The Morgan fingerprint density at radius 3 is 2.34 bits per heavy atom. The SMILES string of the molecule is CCNC(=NCC(C(C)C)N1CCN(C)CC1)NC1CCN(C(=O)C2CCCCC2)C1.I. The average Bonchev–Trinajstić information content (AvgIpc) is 3.23. The van der Waals surface area contributed by atoms with E-state index in [2.05, 4.69) is 53.2 Å². The van der Waals surface area contributed by atoms with Gasteiger partial charge < -0.3 is 20.4 Å². The number of amides is 1. The molecule has 0 aromatic carbocycles. The molecule has 2 saturated heterocycles. The fourth-order valence-corrected chi connectivity index (χ4v) is 5.29. The molecular weight excluding hydrogens is 515 g/mol. The van der Waals surface area contributed by atoms with Crippen LogP contribution in [-0.2, 0) is 4.79 Å². The Labute approximate surface area is 213 Å². The van der Waals surface area contributed by atoms with Gasteiger partial charge in [0.25, 0.3) is 0 Å². The summed E-state index contributed by atoms with van der Waals surface area (Å²) < 4.78 is 0. The van der Waals surface area contributed by atoms with E-state index in [0.717, 1.165) is 77.6 Å². The van der Waals surface area contributed by atoms with E-state index in [1.807, 2.05) is 0 Å². The molecule has 7 nitrogen and oxygen atoms in total. The molecule has 2 aliphatic heterocycles. The minimum atomic E-state index is 0. The molecule has 2 heterocycles. The zero-order valence-electron chi connectivity index (χ0n) is 20.8. The largest absolute Gasteiger partial charge is 0.357 e. The second-order valence-electron chi connectivity index (χ2n) is 10.1. The number of guanidine groups is 1. The zero-order chi connectivity index (χ0) is 22.2. The number of likely N-dealkylation sites (N-methyl/N-ethyl adjacent to an activating group) is 1. The minimum Gasteiger partial charge on any atom is -0.357 e. The van der Waals surface area contributed by atoms with E-state index >= 15 is 0 Å². The Bertz CT molecular complexity index is 587. The number of carbonyl (C=O) groups excluding carboxylic acids is 1. The van der Waals surface area contributed by atoms with Gasteiger partial charge in [0.2, 0.25) is 5.91 Å². The fourth-order valence-electron chi connectivity index (χ4n) is 5.29. The predicted molar refractivity (Wildman–Crippen MR) is 144 cm³/mol. The van der Waals surface area contributed by atoms with Crippen molar-refractivity contribution in [3.63, 3.8) is 0 Å². The number of nitrogens with one attached hydrogen (secondary N) is 2. The molecule has 186 valence electrons. The fraction of sp³-hybridized carbons (Fsp3) is 0.917. The highest BCUT2D eigenvalue weighted by atomic mass is 127. The molecule has 8 heteroatoms. The van der Waals surface area contributed by atoms with E-state index in [1.165, 1.54) is 19.3 Å². The maximum atomic E-state index is 12.9. The predicted octanol–water partition coefficient (Wildman–Crippen LogP) is 2.61. The molecule has 2 N–H and O–H groups in total. The summed E-state index contributed by atoms with van der Waals surface area (Å²) in [5.74, 6) is 2.13. The quantitative estimate of drug-likeness (QED) is 0.284. The Kier molecular flexibility index (Phi) is 12.0. The molecule has 3 fully saturated rings. The van der Waals surface area contributed by atoms with Gasteiger partial charge in [-0.15, -0.1) is 24.0 Å². The molecule has 2 atom stereocenters. The van der Waals surface area contributed by atoms with Crippen LogP contribution in [0.2, 0.25) is 0 Å². The van der Waals surface area contributed by atoms with Crippen LogP contribution >= 0.6 is 24.0 Å². The van der Waals surface area contributed by atoms with Gasteiger partial charge in [-0.3, -0.25) is 14.7 Å². The van der Waals surface area contributed by atoms with E-state index in [-0.39, 0.29) is 29.9 Å². The van der Waals surface area contributed by atoms with Crippen molar-refractivity contribution < 1.29 is 4.79 Å². The Balaban J connectivity index is 0.00000363. The number of piperazine rings is 1. The average molecular weight is 563 g/mol. The van der Waals surface area contributed by atoms with Crippen LogP contribution in [0.1, 0.15) is 59.3 Å². The molecule has 1 aliphatic carbocycles. The van der Waals surface area contributed by atoms with Crippen molar-refractivity contribution in [3.05, 3.63) is 0 Å². The van der Waals surface area contributed by atoms with Crippen molar-refractivity contribution in [2.24, 2.45) is 16.8 Å². The highest BCUT2D eigenvalue weighted by Crippen LogP contribution is 2.26. The van der Waals surface area contributed by atoms with Gasteiger partial charge in [0, 0.05) is 63.8 Å². The minimum absolute atomic E-state index is 0. The smallest absolute Gasteiger partial charge is 0.225 e. The van der Waals surface area contributed by atoms with Gasteiger partial charge in [-0.1, -0.05) is 33.1 Å². The van der Waals surface area contributed by atoms with Gasteiger partial charge in [0.1, 0.15) is 0 Å². The normalized spacial score (nSPS) is 25.0. The van der Waals surface area contributed by atoms with Crippen molar-refractivity contribution >= 4 is 35.8 Å². The van der Waals surface area contributed by atoms with Crippen LogP contribution in [0.4, 0.5) is 0 Å². The summed E-state index contributed by atoms with van der Waals surface area (Å²) in [6.45, 7) is 14.6. The summed E-state index contributed by atoms with van der Waals surface area (Å²) in [6, 6.07) is 0.767. The molecule has 1 saturated carbocycles. The second kappa shape index (κ2) is 13.9.